The van der Waals surface area contributed by atoms with Gasteiger partial charge in [0.05, 0.1) is 23.7 Å². The molecular weight excluding hydrogens is 293 g/mol. The number of amides is 1. The van der Waals surface area contributed by atoms with Crippen LogP contribution in [-0.4, -0.2) is 35.9 Å². The summed E-state index contributed by atoms with van der Waals surface area (Å²) < 4.78 is 0. The molecule has 1 fully saturated rings. The summed E-state index contributed by atoms with van der Waals surface area (Å²) in [5.41, 5.74) is 2.78. The molecule has 0 saturated carbocycles. The van der Waals surface area contributed by atoms with Crippen LogP contribution in [0.4, 0.5) is 0 Å². The summed E-state index contributed by atoms with van der Waals surface area (Å²) in [5, 5.41) is 5.26. The standard InChI is InChI=1S/C11H17N3OS.2ClH/c1-14(6-10-7-16-8-13-10)11(15)9-3-2-4-12-5-9;;/h7-9,12H,2-6H2,1H3;2*1H. The Morgan fingerprint density at radius 3 is 2.94 bits per heavy atom. The topological polar surface area (TPSA) is 45.2 Å². The van der Waals surface area contributed by atoms with E-state index in [0.29, 0.717) is 6.54 Å². The molecule has 1 N–H and O–H groups in total. The van der Waals surface area contributed by atoms with E-state index in [1.54, 1.807) is 21.7 Å². The molecule has 0 bridgehead atoms. The smallest absolute Gasteiger partial charge is 0.227 e. The van der Waals surface area contributed by atoms with Gasteiger partial charge >= 0.3 is 0 Å². The molecule has 1 unspecified atom stereocenters. The predicted octanol–water partition coefficient (Wildman–Crippen LogP) is 1.94. The van der Waals surface area contributed by atoms with E-state index >= 15 is 0 Å². The van der Waals surface area contributed by atoms with Gasteiger partial charge in [0.1, 0.15) is 0 Å². The van der Waals surface area contributed by atoms with E-state index in [9.17, 15) is 4.79 Å². The molecule has 18 heavy (non-hydrogen) atoms. The Bertz CT molecular complexity index is 342. The third kappa shape index (κ3) is 4.72. The van der Waals surface area contributed by atoms with E-state index in [2.05, 4.69) is 10.3 Å². The average Bonchev–Trinajstić information content (AvgIpc) is 2.82. The maximum Gasteiger partial charge on any atom is 0.227 e. The van der Waals surface area contributed by atoms with Crippen LogP contribution in [0, 0.1) is 5.92 Å². The number of carbonyl (C=O) groups is 1. The number of piperidine rings is 1. The molecule has 0 radical (unpaired) electrons. The number of nitrogens with one attached hydrogen (secondary N) is 1. The molecular formula is C11H19Cl2N3OS. The molecule has 0 aliphatic carbocycles. The maximum atomic E-state index is 12.1. The van der Waals surface area contributed by atoms with Crippen molar-refractivity contribution in [1.29, 1.82) is 0 Å². The summed E-state index contributed by atoms with van der Waals surface area (Å²) in [5.74, 6) is 0.387. The first kappa shape index (κ1) is 17.6. The zero-order valence-electron chi connectivity index (χ0n) is 10.3. The Balaban J connectivity index is 0.00000144. The maximum absolute atomic E-state index is 12.1. The molecule has 1 aromatic rings. The second-order valence-corrected chi connectivity index (χ2v) is 4.94. The van der Waals surface area contributed by atoms with Crippen molar-refractivity contribution in [3.8, 4) is 0 Å². The number of hydrogen-bond acceptors (Lipinski definition) is 4. The lowest BCUT2D eigenvalue weighted by Crippen LogP contribution is -2.41. The minimum absolute atomic E-state index is 0. The number of aromatic nitrogens is 1. The Labute approximate surface area is 124 Å². The van der Waals surface area contributed by atoms with Crippen LogP contribution >= 0.6 is 36.2 Å². The van der Waals surface area contributed by atoms with E-state index in [4.69, 9.17) is 0 Å². The SMILES string of the molecule is CN(Cc1cscn1)C(=O)C1CCCNC1.Cl.Cl. The highest BCUT2D eigenvalue weighted by Gasteiger charge is 2.23. The zero-order valence-corrected chi connectivity index (χ0v) is 12.7. The molecule has 104 valence electrons. The third-order valence-corrected chi connectivity index (χ3v) is 3.54. The second kappa shape index (κ2) is 8.69. The molecule has 7 heteroatoms. The summed E-state index contributed by atoms with van der Waals surface area (Å²) in [6.07, 6.45) is 2.11. The van der Waals surface area contributed by atoms with Crippen LogP contribution in [0.15, 0.2) is 10.9 Å². The molecule has 1 aromatic heterocycles. The fraction of sp³-hybridized carbons (Fsp3) is 0.636. The molecule has 2 rings (SSSR count). The van der Waals surface area contributed by atoms with Crippen molar-refractivity contribution < 1.29 is 4.79 Å². The quantitative estimate of drug-likeness (QED) is 0.928. The van der Waals surface area contributed by atoms with Crippen LogP contribution in [0.5, 0.6) is 0 Å². The summed E-state index contributed by atoms with van der Waals surface area (Å²) in [7, 11) is 1.86. The molecule has 1 aliphatic heterocycles. The summed E-state index contributed by atoms with van der Waals surface area (Å²) in [4.78, 5) is 18.1. The Morgan fingerprint density at radius 2 is 2.39 bits per heavy atom. The van der Waals surface area contributed by atoms with E-state index in [-0.39, 0.29) is 36.6 Å². The number of rotatable bonds is 3. The van der Waals surface area contributed by atoms with Crippen LogP contribution in [-0.2, 0) is 11.3 Å². The second-order valence-electron chi connectivity index (χ2n) is 4.22. The first-order valence-corrected chi connectivity index (χ1v) is 6.54. The van der Waals surface area contributed by atoms with E-state index in [1.165, 1.54) is 0 Å². The highest BCUT2D eigenvalue weighted by Crippen LogP contribution is 2.14. The molecule has 0 aromatic carbocycles. The van der Waals surface area contributed by atoms with Crippen LogP contribution in [0.3, 0.4) is 0 Å². The lowest BCUT2D eigenvalue weighted by molar-refractivity contribution is -0.135. The highest BCUT2D eigenvalue weighted by molar-refractivity contribution is 7.07. The van der Waals surface area contributed by atoms with Gasteiger partial charge in [-0.25, -0.2) is 4.98 Å². The molecule has 1 saturated heterocycles. The number of carbonyl (C=O) groups excluding carboxylic acids is 1. The van der Waals surface area contributed by atoms with Gasteiger partial charge in [-0.15, -0.1) is 36.2 Å². The van der Waals surface area contributed by atoms with Gasteiger partial charge in [-0.2, -0.15) is 0 Å². The number of halogens is 2. The van der Waals surface area contributed by atoms with Crippen molar-refractivity contribution in [2.24, 2.45) is 5.92 Å². The first-order chi connectivity index (χ1) is 7.77. The molecule has 1 atom stereocenters. The lowest BCUT2D eigenvalue weighted by atomic mass is 9.98. The van der Waals surface area contributed by atoms with E-state index < -0.39 is 0 Å². The first-order valence-electron chi connectivity index (χ1n) is 5.60. The molecule has 0 spiro atoms. The highest BCUT2D eigenvalue weighted by atomic mass is 35.5. The minimum atomic E-state index is 0. The van der Waals surface area contributed by atoms with Gasteiger partial charge in [0.15, 0.2) is 0 Å². The Morgan fingerprint density at radius 1 is 1.61 bits per heavy atom. The van der Waals surface area contributed by atoms with E-state index in [0.717, 1.165) is 31.6 Å². The van der Waals surface area contributed by atoms with Crippen molar-refractivity contribution in [2.45, 2.75) is 19.4 Å². The lowest BCUT2D eigenvalue weighted by Gasteiger charge is -2.26. The fourth-order valence-electron chi connectivity index (χ4n) is 2.01. The van der Waals surface area contributed by atoms with Crippen LogP contribution in [0.1, 0.15) is 18.5 Å². The van der Waals surface area contributed by atoms with Gasteiger partial charge in [0, 0.05) is 19.0 Å². The normalized spacial score (nSPS) is 18.4. The Kier molecular flexibility index (Phi) is 8.52. The molecule has 1 amide bonds. The fourth-order valence-corrected chi connectivity index (χ4v) is 2.56. The molecule has 2 heterocycles. The summed E-state index contributed by atoms with van der Waals surface area (Å²) >= 11 is 1.57. The largest absolute Gasteiger partial charge is 0.340 e. The number of hydrogen-bond donors (Lipinski definition) is 1. The Hall–Kier alpha value is -0.360. The minimum Gasteiger partial charge on any atom is -0.340 e. The number of thiazole rings is 1. The molecule has 1 aliphatic rings. The summed E-state index contributed by atoms with van der Waals surface area (Å²) in [6.45, 7) is 2.48. The van der Waals surface area contributed by atoms with Crippen LogP contribution in [0.25, 0.3) is 0 Å². The zero-order chi connectivity index (χ0) is 11.4. The van der Waals surface area contributed by atoms with Crippen molar-refractivity contribution >= 4 is 42.1 Å². The van der Waals surface area contributed by atoms with Crippen LogP contribution in [0.2, 0.25) is 0 Å². The van der Waals surface area contributed by atoms with E-state index in [1.807, 2.05) is 12.4 Å². The number of nitrogens with zero attached hydrogens (tertiary/aromatic N) is 2. The van der Waals surface area contributed by atoms with Gasteiger partial charge in [0.2, 0.25) is 5.91 Å². The third-order valence-electron chi connectivity index (χ3n) is 2.90. The van der Waals surface area contributed by atoms with Gasteiger partial charge < -0.3 is 10.2 Å². The van der Waals surface area contributed by atoms with Gasteiger partial charge in [-0.1, -0.05) is 0 Å². The predicted molar refractivity (Wildman–Crippen MR) is 78.7 cm³/mol. The van der Waals surface area contributed by atoms with Crippen molar-refractivity contribution in [3.05, 3.63) is 16.6 Å². The van der Waals surface area contributed by atoms with Gasteiger partial charge in [-0.3, -0.25) is 4.79 Å². The van der Waals surface area contributed by atoms with Crippen molar-refractivity contribution in [1.82, 2.24) is 15.2 Å². The monoisotopic (exact) mass is 311 g/mol. The summed E-state index contributed by atoms with van der Waals surface area (Å²) in [6, 6.07) is 0. The van der Waals surface area contributed by atoms with Crippen molar-refractivity contribution in [2.75, 3.05) is 20.1 Å². The van der Waals surface area contributed by atoms with Crippen molar-refractivity contribution in [3.63, 3.8) is 0 Å². The van der Waals surface area contributed by atoms with Crippen LogP contribution < -0.4 is 5.32 Å². The van der Waals surface area contributed by atoms with Gasteiger partial charge in [-0.05, 0) is 19.4 Å². The van der Waals surface area contributed by atoms with Gasteiger partial charge in [0.25, 0.3) is 0 Å². The average molecular weight is 312 g/mol. The molecule has 4 nitrogen and oxygen atoms in total.